The van der Waals surface area contributed by atoms with Crippen LogP contribution in [-0.4, -0.2) is 16.3 Å². The van der Waals surface area contributed by atoms with E-state index in [9.17, 15) is 0 Å². The second-order valence-electron chi connectivity index (χ2n) is 3.60. The van der Waals surface area contributed by atoms with Gasteiger partial charge in [-0.25, -0.2) is 0 Å². The van der Waals surface area contributed by atoms with E-state index in [-0.39, 0.29) is 0 Å². The van der Waals surface area contributed by atoms with E-state index < -0.39 is 0 Å². The standard InChI is InChI=1S/C12H21N3/c1-4-7-11(13-9-5-2)12-8-10-14-15(12)6-3/h4,8,10-11,13H,1,5-7,9H2,2-3H3. The summed E-state index contributed by atoms with van der Waals surface area (Å²) in [6.45, 7) is 10.0. The summed E-state index contributed by atoms with van der Waals surface area (Å²) in [6.07, 6.45) is 5.92. The Labute approximate surface area is 92.2 Å². The lowest BCUT2D eigenvalue weighted by Crippen LogP contribution is -2.24. The molecule has 1 heterocycles. The molecule has 0 bridgehead atoms. The highest BCUT2D eigenvalue weighted by Crippen LogP contribution is 2.16. The van der Waals surface area contributed by atoms with Crippen molar-refractivity contribution >= 4 is 0 Å². The number of aromatic nitrogens is 2. The molecule has 3 heteroatoms. The quantitative estimate of drug-likeness (QED) is 0.696. The number of nitrogens with zero attached hydrogens (tertiary/aromatic N) is 2. The van der Waals surface area contributed by atoms with Gasteiger partial charge in [0.1, 0.15) is 0 Å². The molecule has 1 unspecified atom stereocenters. The molecule has 84 valence electrons. The summed E-state index contributed by atoms with van der Waals surface area (Å²) < 4.78 is 2.04. The lowest BCUT2D eigenvalue weighted by molar-refractivity contribution is 0.484. The average Bonchev–Trinajstić information content (AvgIpc) is 2.72. The van der Waals surface area contributed by atoms with E-state index in [2.05, 4.69) is 36.9 Å². The van der Waals surface area contributed by atoms with Crippen LogP contribution in [0.15, 0.2) is 24.9 Å². The molecule has 3 nitrogen and oxygen atoms in total. The molecule has 0 aliphatic carbocycles. The molecular formula is C12H21N3. The highest BCUT2D eigenvalue weighted by Gasteiger charge is 2.12. The third-order valence-electron chi connectivity index (χ3n) is 2.45. The normalized spacial score (nSPS) is 12.7. The fourth-order valence-electron chi connectivity index (χ4n) is 1.70. The third kappa shape index (κ3) is 3.20. The molecule has 1 rings (SSSR count). The first-order chi connectivity index (χ1) is 7.33. The zero-order chi connectivity index (χ0) is 11.1. The van der Waals surface area contributed by atoms with Gasteiger partial charge in [-0.3, -0.25) is 4.68 Å². The van der Waals surface area contributed by atoms with Gasteiger partial charge >= 0.3 is 0 Å². The Hall–Kier alpha value is -1.09. The molecule has 0 amide bonds. The van der Waals surface area contributed by atoms with Crippen molar-refractivity contribution in [2.24, 2.45) is 0 Å². The second-order valence-corrected chi connectivity index (χ2v) is 3.60. The number of hydrogen-bond donors (Lipinski definition) is 1. The molecule has 0 saturated carbocycles. The summed E-state index contributed by atoms with van der Waals surface area (Å²) in [4.78, 5) is 0. The third-order valence-corrected chi connectivity index (χ3v) is 2.45. The molecule has 0 aliphatic heterocycles. The van der Waals surface area contributed by atoms with Gasteiger partial charge in [0.2, 0.25) is 0 Å². The Kier molecular flexibility index (Phi) is 5.12. The zero-order valence-corrected chi connectivity index (χ0v) is 9.74. The molecule has 1 atom stereocenters. The predicted molar refractivity (Wildman–Crippen MR) is 63.7 cm³/mol. The Morgan fingerprint density at radius 3 is 3.00 bits per heavy atom. The zero-order valence-electron chi connectivity index (χ0n) is 9.74. The molecule has 0 aromatic carbocycles. The van der Waals surface area contributed by atoms with Crippen molar-refractivity contribution in [1.29, 1.82) is 0 Å². The van der Waals surface area contributed by atoms with E-state index in [4.69, 9.17) is 0 Å². The monoisotopic (exact) mass is 207 g/mol. The van der Waals surface area contributed by atoms with Gasteiger partial charge in [0.05, 0.1) is 11.7 Å². The molecule has 0 saturated heterocycles. The number of hydrogen-bond acceptors (Lipinski definition) is 2. The lowest BCUT2D eigenvalue weighted by atomic mass is 10.1. The predicted octanol–water partition coefficient (Wildman–Crippen LogP) is 2.52. The van der Waals surface area contributed by atoms with Crippen LogP contribution in [-0.2, 0) is 6.54 Å². The van der Waals surface area contributed by atoms with E-state index >= 15 is 0 Å². The van der Waals surface area contributed by atoms with Gasteiger partial charge in [-0.05, 0) is 32.4 Å². The summed E-state index contributed by atoms with van der Waals surface area (Å²) >= 11 is 0. The molecule has 1 N–H and O–H groups in total. The van der Waals surface area contributed by atoms with E-state index in [1.807, 2.05) is 17.0 Å². The van der Waals surface area contributed by atoms with Gasteiger partial charge in [-0.2, -0.15) is 5.10 Å². The Morgan fingerprint density at radius 1 is 1.60 bits per heavy atom. The first-order valence-corrected chi connectivity index (χ1v) is 5.69. The fourth-order valence-corrected chi connectivity index (χ4v) is 1.70. The van der Waals surface area contributed by atoms with Crippen molar-refractivity contribution < 1.29 is 0 Å². The summed E-state index contributed by atoms with van der Waals surface area (Å²) in [5.74, 6) is 0. The van der Waals surface area contributed by atoms with Gasteiger partial charge in [-0.15, -0.1) is 6.58 Å². The number of aryl methyl sites for hydroxylation is 1. The lowest BCUT2D eigenvalue weighted by Gasteiger charge is -2.17. The molecule has 0 radical (unpaired) electrons. The van der Waals surface area contributed by atoms with Crippen molar-refractivity contribution in [2.75, 3.05) is 6.54 Å². The van der Waals surface area contributed by atoms with Crippen LogP contribution in [0.4, 0.5) is 0 Å². The first kappa shape index (κ1) is 12.0. The van der Waals surface area contributed by atoms with Crippen molar-refractivity contribution in [3.05, 3.63) is 30.6 Å². The molecular weight excluding hydrogens is 186 g/mol. The van der Waals surface area contributed by atoms with Gasteiger partial charge in [0.15, 0.2) is 0 Å². The molecule has 0 spiro atoms. The van der Waals surface area contributed by atoms with E-state index in [1.54, 1.807) is 0 Å². The van der Waals surface area contributed by atoms with Gasteiger partial charge in [0.25, 0.3) is 0 Å². The van der Waals surface area contributed by atoms with Crippen LogP contribution >= 0.6 is 0 Å². The van der Waals surface area contributed by atoms with Crippen LogP contribution in [0.25, 0.3) is 0 Å². The van der Waals surface area contributed by atoms with Crippen LogP contribution in [0.2, 0.25) is 0 Å². The first-order valence-electron chi connectivity index (χ1n) is 5.69. The minimum absolute atomic E-state index is 0.352. The van der Waals surface area contributed by atoms with Gasteiger partial charge in [0, 0.05) is 12.7 Å². The molecule has 1 aromatic heterocycles. The van der Waals surface area contributed by atoms with Crippen molar-refractivity contribution in [1.82, 2.24) is 15.1 Å². The summed E-state index contributed by atoms with van der Waals surface area (Å²) in [6, 6.07) is 2.44. The smallest absolute Gasteiger partial charge is 0.0556 e. The Balaban J connectivity index is 2.73. The molecule has 15 heavy (non-hydrogen) atoms. The summed E-state index contributed by atoms with van der Waals surface area (Å²) in [5.41, 5.74) is 1.26. The maximum absolute atomic E-state index is 4.29. The molecule has 0 fully saturated rings. The fraction of sp³-hybridized carbons (Fsp3) is 0.583. The molecule has 0 aliphatic rings. The van der Waals surface area contributed by atoms with E-state index in [0.29, 0.717) is 6.04 Å². The second kappa shape index (κ2) is 6.40. The van der Waals surface area contributed by atoms with Gasteiger partial charge < -0.3 is 5.32 Å². The summed E-state index contributed by atoms with van der Waals surface area (Å²) in [7, 11) is 0. The highest BCUT2D eigenvalue weighted by molar-refractivity contribution is 5.08. The van der Waals surface area contributed by atoms with Crippen LogP contribution in [0.5, 0.6) is 0 Å². The van der Waals surface area contributed by atoms with Crippen molar-refractivity contribution in [2.45, 2.75) is 39.3 Å². The minimum atomic E-state index is 0.352. The Bertz CT molecular complexity index is 291. The Morgan fingerprint density at radius 2 is 2.40 bits per heavy atom. The maximum Gasteiger partial charge on any atom is 0.0556 e. The maximum atomic E-state index is 4.29. The summed E-state index contributed by atoms with van der Waals surface area (Å²) in [5, 5.41) is 7.80. The van der Waals surface area contributed by atoms with Crippen molar-refractivity contribution in [3.63, 3.8) is 0 Å². The highest BCUT2D eigenvalue weighted by atomic mass is 15.3. The number of nitrogens with one attached hydrogen (secondary N) is 1. The SMILES string of the molecule is C=CCC(NCCC)c1ccnn1CC. The largest absolute Gasteiger partial charge is 0.308 e. The van der Waals surface area contributed by atoms with Gasteiger partial charge in [-0.1, -0.05) is 13.0 Å². The van der Waals surface area contributed by atoms with Crippen LogP contribution < -0.4 is 5.32 Å². The van der Waals surface area contributed by atoms with Crippen LogP contribution in [0.3, 0.4) is 0 Å². The van der Waals surface area contributed by atoms with E-state index in [1.165, 1.54) is 5.69 Å². The van der Waals surface area contributed by atoms with Crippen LogP contribution in [0.1, 0.15) is 38.4 Å². The number of rotatable bonds is 7. The average molecular weight is 207 g/mol. The topological polar surface area (TPSA) is 29.9 Å². The minimum Gasteiger partial charge on any atom is -0.308 e. The van der Waals surface area contributed by atoms with Crippen LogP contribution in [0, 0.1) is 0 Å². The van der Waals surface area contributed by atoms with Crippen molar-refractivity contribution in [3.8, 4) is 0 Å². The molecule has 1 aromatic rings. The van der Waals surface area contributed by atoms with E-state index in [0.717, 1.165) is 25.9 Å².